The van der Waals surface area contributed by atoms with Crippen molar-refractivity contribution in [2.24, 2.45) is 0 Å². The number of anilines is 2. The quantitative estimate of drug-likeness (QED) is 0.100. The highest BCUT2D eigenvalue weighted by atomic mass is 35.5. The Hall–Kier alpha value is -4.12. The lowest BCUT2D eigenvalue weighted by Gasteiger charge is -2.12. The number of nitrogens with one attached hydrogen (secondary N) is 3. The van der Waals surface area contributed by atoms with Crippen LogP contribution in [0.15, 0.2) is 113 Å². The van der Waals surface area contributed by atoms with Gasteiger partial charge in [0.05, 0.1) is 16.5 Å². The summed E-state index contributed by atoms with van der Waals surface area (Å²) in [5, 5.41) is 12.0. The maximum Gasteiger partial charge on any atom is 0.272 e. The summed E-state index contributed by atoms with van der Waals surface area (Å²) in [7, 11) is 0. The van der Waals surface area contributed by atoms with Gasteiger partial charge in [-0.2, -0.15) is 0 Å². The smallest absolute Gasteiger partial charge is 0.272 e. The Morgan fingerprint density at radius 3 is 2.29 bits per heavy atom. The summed E-state index contributed by atoms with van der Waals surface area (Å²) in [5.41, 5.74) is 2.88. The first-order valence-corrected chi connectivity index (χ1v) is 16.3. The van der Waals surface area contributed by atoms with Crippen molar-refractivity contribution in [3.8, 4) is 11.3 Å². The zero-order valence-electron chi connectivity index (χ0n) is 23.2. The number of halogens is 3. The summed E-state index contributed by atoms with van der Waals surface area (Å²) < 4.78 is 0. The summed E-state index contributed by atoms with van der Waals surface area (Å²) in [6, 6.07) is 27.8. The molecule has 0 radical (unpaired) electrons. The molecule has 226 valence electrons. The van der Waals surface area contributed by atoms with Crippen molar-refractivity contribution in [2.45, 2.75) is 4.90 Å². The minimum atomic E-state index is -0.526. The maximum atomic E-state index is 13.3. The number of carbonyl (C=O) groups excluding carboxylic acids is 3. The van der Waals surface area contributed by atoms with Gasteiger partial charge >= 0.3 is 0 Å². The summed E-state index contributed by atoms with van der Waals surface area (Å²) in [4.78, 5) is 44.0. The molecular weight excluding hydrogens is 671 g/mol. The van der Waals surface area contributed by atoms with Gasteiger partial charge < -0.3 is 16.0 Å². The number of thioether (sulfide) groups is 1. The third-order valence-electron chi connectivity index (χ3n) is 6.17. The van der Waals surface area contributed by atoms with Crippen LogP contribution >= 0.6 is 57.9 Å². The molecule has 3 N–H and O–H groups in total. The van der Waals surface area contributed by atoms with E-state index in [0.717, 1.165) is 10.5 Å². The van der Waals surface area contributed by atoms with Crippen LogP contribution in [0.4, 0.5) is 10.8 Å². The fourth-order valence-corrected chi connectivity index (χ4v) is 6.10. The second kappa shape index (κ2) is 15.2. The zero-order valence-corrected chi connectivity index (χ0v) is 27.1. The molecule has 0 fully saturated rings. The molecule has 0 aliphatic carbocycles. The zero-order chi connectivity index (χ0) is 31.8. The Labute approximate surface area is 282 Å². The van der Waals surface area contributed by atoms with Crippen molar-refractivity contribution < 1.29 is 14.4 Å². The molecule has 0 saturated carbocycles. The summed E-state index contributed by atoms with van der Waals surface area (Å²) in [6.45, 7) is 0. The molecule has 0 bridgehead atoms. The average molecular weight is 694 g/mol. The molecule has 0 atom stereocenters. The van der Waals surface area contributed by atoms with E-state index in [4.69, 9.17) is 34.8 Å². The molecule has 1 aromatic heterocycles. The van der Waals surface area contributed by atoms with E-state index >= 15 is 0 Å². The lowest BCUT2D eigenvalue weighted by molar-refractivity contribution is -0.114. The first-order chi connectivity index (χ1) is 21.7. The molecule has 5 aromatic rings. The molecule has 0 unspecified atom stereocenters. The molecular formula is C33H23Cl3N4O3S2. The van der Waals surface area contributed by atoms with Crippen LogP contribution in [-0.2, 0) is 9.59 Å². The van der Waals surface area contributed by atoms with E-state index in [-0.39, 0.29) is 17.4 Å². The van der Waals surface area contributed by atoms with Gasteiger partial charge in [-0.05, 0) is 72.3 Å². The first kappa shape index (κ1) is 32.3. The molecule has 45 heavy (non-hydrogen) atoms. The predicted octanol–water partition coefficient (Wildman–Crippen LogP) is 8.91. The van der Waals surface area contributed by atoms with Gasteiger partial charge in [0.25, 0.3) is 11.8 Å². The van der Waals surface area contributed by atoms with Crippen molar-refractivity contribution in [3.05, 3.63) is 134 Å². The SMILES string of the molecule is O=C(CSc1ccc(NC(=O)/C(=C/c2ccccc2Cl)NC(=O)c2ccccc2)cc1)Nc1nc(-c2ccc(Cl)cc2Cl)cs1. The molecule has 12 heteroatoms. The van der Waals surface area contributed by atoms with Crippen molar-refractivity contribution in [3.63, 3.8) is 0 Å². The van der Waals surface area contributed by atoms with E-state index in [1.54, 1.807) is 97.1 Å². The van der Waals surface area contributed by atoms with E-state index in [2.05, 4.69) is 20.9 Å². The number of nitrogens with zero attached hydrogens (tertiary/aromatic N) is 1. The second-order valence-electron chi connectivity index (χ2n) is 9.38. The standard InChI is InChI=1S/C33H23Cl3N4O3S2/c34-22-10-15-25(27(36)17-22)29-18-45-33(39-29)40-30(41)19-44-24-13-11-23(12-14-24)37-32(43)28(16-21-8-4-5-9-26(21)35)38-31(42)20-6-2-1-3-7-20/h1-18H,19H2,(H,37,43)(H,38,42)(H,39,40,41)/b28-16-. The molecule has 0 aliphatic heterocycles. The van der Waals surface area contributed by atoms with E-state index in [0.29, 0.717) is 42.7 Å². The average Bonchev–Trinajstić information content (AvgIpc) is 3.49. The lowest BCUT2D eigenvalue weighted by Crippen LogP contribution is -2.30. The highest BCUT2D eigenvalue weighted by Gasteiger charge is 2.16. The number of rotatable bonds is 10. The molecule has 4 aromatic carbocycles. The number of carbonyl (C=O) groups is 3. The molecule has 0 aliphatic rings. The Balaban J connectivity index is 1.19. The van der Waals surface area contributed by atoms with Crippen LogP contribution in [0, 0.1) is 0 Å². The minimum absolute atomic E-state index is 0.0238. The molecule has 5 rings (SSSR count). The predicted molar refractivity (Wildman–Crippen MR) is 185 cm³/mol. The Bertz CT molecular complexity index is 1880. The summed E-state index contributed by atoms with van der Waals surface area (Å²) in [5.74, 6) is -1.03. The second-order valence-corrected chi connectivity index (χ2v) is 12.5. The molecule has 1 heterocycles. The first-order valence-electron chi connectivity index (χ1n) is 13.3. The van der Waals surface area contributed by atoms with Crippen LogP contribution in [0.25, 0.3) is 17.3 Å². The van der Waals surface area contributed by atoms with Crippen LogP contribution < -0.4 is 16.0 Å². The third kappa shape index (κ3) is 8.97. The highest BCUT2D eigenvalue weighted by Crippen LogP contribution is 2.32. The molecule has 7 nitrogen and oxygen atoms in total. The Morgan fingerprint density at radius 2 is 1.56 bits per heavy atom. The van der Waals surface area contributed by atoms with Crippen LogP contribution in [0.2, 0.25) is 15.1 Å². The van der Waals surface area contributed by atoms with Gasteiger partial charge in [-0.1, -0.05) is 71.2 Å². The van der Waals surface area contributed by atoms with Gasteiger partial charge in [0.1, 0.15) is 5.70 Å². The Kier molecular flexibility index (Phi) is 10.9. The molecule has 3 amide bonds. The van der Waals surface area contributed by atoms with Gasteiger partial charge in [-0.25, -0.2) is 4.98 Å². The minimum Gasteiger partial charge on any atom is -0.321 e. The Morgan fingerprint density at radius 1 is 0.822 bits per heavy atom. The van der Waals surface area contributed by atoms with Crippen LogP contribution in [-0.4, -0.2) is 28.5 Å². The van der Waals surface area contributed by atoms with E-state index in [1.807, 2.05) is 5.38 Å². The summed E-state index contributed by atoms with van der Waals surface area (Å²) >= 11 is 21.2. The van der Waals surface area contributed by atoms with Gasteiger partial charge in [0, 0.05) is 37.1 Å². The number of aromatic nitrogens is 1. The van der Waals surface area contributed by atoms with E-state index < -0.39 is 11.8 Å². The fourth-order valence-electron chi connectivity index (χ4n) is 3.98. The van der Waals surface area contributed by atoms with Gasteiger partial charge in [-0.15, -0.1) is 23.1 Å². The van der Waals surface area contributed by atoms with Crippen LogP contribution in [0.5, 0.6) is 0 Å². The van der Waals surface area contributed by atoms with Crippen LogP contribution in [0.3, 0.4) is 0 Å². The topological polar surface area (TPSA) is 100 Å². The number of thiazole rings is 1. The van der Waals surface area contributed by atoms with Crippen molar-refractivity contribution in [1.82, 2.24) is 10.3 Å². The van der Waals surface area contributed by atoms with Crippen molar-refractivity contribution in [1.29, 1.82) is 0 Å². The van der Waals surface area contributed by atoms with Crippen molar-refractivity contribution >= 4 is 92.5 Å². The lowest BCUT2D eigenvalue weighted by atomic mass is 10.1. The third-order valence-corrected chi connectivity index (χ3v) is 8.84. The number of hydrogen-bond acceptors (Lipinski definition) is 6. The van der Waals surface area contributed by atoms with Gasteiger partial charge in [-0.3, -0.25) is 14.4 Å². The maximum absolute atomic E-state index is 13.3. The molecule has 0 saturated heterocycles. The van der Waals surface area contributed by atoms with E-state index in [1.165, 1.54) is 29.2 Å². The fraction of sp³-hybridized carbons (Fsp3) is 0.0303. The van der Waals surface area contributed by atoms with Crippen LogP contribution in [0.1, 0.15) is 15.9 Å². The molecule has 0 spiro atoms. The highest BCUT2D eigenvalue weighted by molar-refractivity contribution is 8.00. The van der Waals surface area contributed by atoms with Gasteiger partial charge in [0.2, 0.25) is 5.91 Å². The number of hydrogen-bond donors (Lipinski definition) is 3. The number of benzene rings is 4. The number of amides is 3. The monoisotopic (exact) mass is 692 g/mol. The summed E-state index contributed by atoms with van der Waals surface area (Å²) in [6.07, 6.45) is 1.52. The van der Waals surface area contributed by atoms with Crippen molar-refractivity contribution in [2.75, 3.05) is 16.4 Å². The van der Waals surface area contributed by atoms with E-state index in [9.17, 15) is 14.4 Å². The largest absolute Gasteiger partial charge is 0.321 e. The normalized spacial score (nSPS) is 11.1. The van der Waals surface area contributed by atoms with Gasteiger partial charge in [0.15, 0.2) is 5.13 Å².